The number of hydrogen-bond donors (Lipinski definition) is 3. The van der Waals surface area contributed by atoms with E-state index >= 15 is 0 Å². The maximum absolute atomic E-state index is 11.0. The van der Waals surface area contributed by atoms with Crippen molar-refractivity contribution in [1.82, 2.24) is 10.6 Å². The Kier molecular flexibility index (Phi) is 9.03. The second-order valence-electron chi connectivity index (χ2n) is 5.30. The van der Waals surface area contributed by atoms with Gasteiger partial charge in [-0.05, 0) is 31.5 Å². The fourth-order valence-electron chi connectivity index (χ4n) is 1.56. The third kappa shape index (κ3) is 7.08. The van der Waals surface area contributed by atoms with E-state index in [0.29, 0.717) is 24.6 Å². The van der Waals surface area contributed by atoms with Crippen LogP contribution in [0.3, 0.4) is 0 Å². The Hall–Kier alpha value is -1.35. The molecule has 0 aromatic heterocycles. The zero-order valence-corrected chi connectivity index (χ0v) is 15.8. The standard InChI is InChI=1S/C15H24N4O2.HI/c1-15(2,21-4)10-19-14(17-3)18-9-11-5-7-12(8-6-11)13(16)20;/h5-8H,9-10H2,1-4H3,(H2,16,20)(H2,17,18,19);1H. The molecule has 0 spiro atoms. The highest BCUT2D eigenvalue weighted by Gasteiger charge is 2.16. The molecule has 124 valence electrons. The highest BCUT2D eigenvalue weighted by Crippen LogP contribution is 2.05. The molecule has 4 N–H and O–H groups in total. The number of primary amides is 1. The maximum Gasteiger partial charge on any atom is 0.248 e. The number of nitrogens with zero attached hydrogens (tertiary/aromatic N) is 1. The van der Waals surface area contributed by atoms with E-state index in [1.165, 1.54) is 0 Å². The zero-order valence-electron chi connectivity index (χ0n) is 13.5. The average Bonchev–Trinajstić information content (AvgIpc) is 2.48. The Bertz CT molecular complexity index is 501. The van der Waals surface area contributed by atoms with Gasteiger partial charge in [-0.1, -0.05) is 12.1 Å². The summed E-state index contributed by atoms with van der Waals surface area (Å²) in [6, 6.07) is 7.14. The molecule has 0 aliphatic heterocycles. The van der Waals surface area contributed by atoms with Gasteiger partial charge in [-0.3, -0.25) is 9.79 Å². The second kappa shape index (κ2) is 9.62. The van der Waals surface area contributed by atoms with Crippen molar-refractivity contribution in [2.24, 2.45) is 10.7 Å². The predicted octanol–water partition coefficient (Wildman–Crippen LogP) is 1.49. The number of carbonyl (C=O) groups excluding carboxylic acids is 1. The smallest absolute Gasteiger partial charge is 0.248 e. The van der Waals surface area contributed by atoms with E-state index in [0.717, 1.165) is 5.56 Å². The van der Waals surface area contributed by atoms with Crippen molar-refractivity contribution >= 4 is 35.8 Å². The monoisotopic (exact) mass is 420 g/mol. The van der Waals surface area contributed by atoms with Gasteiger partial charge in [0.1, 0.15) is 0 Å². The molecular formula is C15H25IN4O2. The molecule has 0 radical (unpaired) electrons. The van der Waals surface area contributed by atoms with E-state index in [-0.39, 0.29) is 29.6 Å². The van der Waals surface area contributed by atoms with Gasteiger partial charge in [0, 0.05) is 32.8 Å². The minimum absolute atomic E-state index is 0. The molecule has 0 aliphatic rings. The van der Waals surface area contributed by atoms with Gasteiger partial charge in [0.05, 0.1) is 5.60 Å². The zero-order chi connectivity index (χ0) is 15.9. The van der Waals surface area contributed by atoms with E-state index in [9.17, 15) is 4.79 Å². The van der Waals surface area contributed by atoms with Crippen LogP contribution in [0.15, 0.2) is 29.3 Å². The van der Waals surface area contributed by atoms with Crippen molar-refractivity contribution in [3.63, 3.8) is 0 Å². The van der Waals surface area contributed by atoms with E-state index < -0.39 is 5.91 Å². The number of nitrogens with two attached hydrogens (primary N) is 1. The Labute approximate surface area is 148 Å². The first kappa shape index (κ1) is 20.6. The summed E-state index contributed by atoms with van der Waals surface area (Å²) < 4.78 is 5.34. The summed E-state index contributed by atoms with van der Waals surface area (Å²) in [4.78, 5) is 15.1. The minimum Gasteiger partial charge on any atom is -0.377 e. The fourth-order valence-corrected chi connectivity index (χ4v) is 1.56. The van der Waals surface area contributed by atoms with Crippen molar-refractivity contribution < 1.29 is 9.53 Å². The van der Waals surface area contributed by atoms with Crippen molar-refractivity contribution in [3.8, 4) is 0 Å². The highest BCUT2D eigenvalue weighted by molar-refractivity contribution is 14.0. The number of amides is 1. The summed E-state index contributed by atoms with van der Waals surface area (Å²) in [6.45, 7) is 5.24. The first-order chi connectivity index (χ1) is 9.88. The van der Waals surface area contributed by atoms with Crippen LogP contribution < -0.4 is 16.4 Å². The molecule has 0 unspecified atom stereocenters. The topological polar surface area (TPSA) is 88.7 Å². The van der Waals surface area contributed by atoms with Crippen LogP contribution in [0.2, 0.25) is 0 Å². The normalized spacial score (nSPS) is 11.5. The van der Waals surface area contributed by atoms with Gasteiger partial charge in [-0.15, -0.1) is 24.0 Å². The average molecular weight is 420 g/mol. The Morgan fingerprint density at radius 1 is 1.27 bits per heavy atom. The van der Waals surface area contributed by atoms with Crippen LogP contribution in [-0.4, -0.2) is 38.2 Å². The molecule has 0 saturated carbocycles. The van der Waals surface area contributed by atoms with Crippen LogP contribution in [0.25, 0.3) is 0 Å². The summed E-state index contributed by atoms with van der Waals surface area (Å²) in [6.07, 6.45) is 0. The molecule has 0 fully saturated rings. The highest BCUT2D eigenvalue weighted by atomic mass is 127. The molecule has 22 heavy (non-hydrogen) atoms. The second-order valence-corrected chi connectivity index (χ2v) is 5.30. The predicted molar refractivity (Wildman–Crippen MR) is 99.7 cm³/mol. The first-order valence-electron chi connectivity index (χ1n) is 6.76. The van der Waals surface area contributed by atoms with Crippen molar-refractivity contribution in [3.05, 3.63) is 35.4 Å². The minimum atomic E-state index is -0.422. The molecule has 0 atom stereocenters. The molecule has 0 bridgehead atoms. The Morgan fingerprint density at radius 2 is 1.86 bits per heavy atom. The largest absolute Gasteiger partial charge is 0.377 e. The molecular weight excluding hydrogens is 395 g/mol. The number of rotatable bonds is 6. The summed E-state index contributed by atoms with van der Waals surface area (Å²) in [5, 5.41) is 6.40. The fraction of sp³-hybridized carbons (Fsp3) is 0.467. The molecule has 1 amide bonds. The molecule has 0 saturated heterocycles. The van der Waals surface area contributed by atoms with Gasteiger partial charge in [-0.2, -0.15) is 0 Å². The summed E-state index contributed by atoms with van der Waals surface area (Å²) >= 11 is 0. The van der Waals surface area contributed by atoms with E-state index in [1.807, 2.05) is 26.0 Å². The molecule has 6 nitrogen and oxygen atoms in total. The first-order valence-corrected chi connectivity index (χ1v) is 6.76. The van der Waals surface area contributed by atoms with Gasteiger partial charge < -0.3 is 21.1 Å². The molecule has 0 aliphatic carbocycles. The number of ether oxygens (including phenoxy) is 1. The van der Waals surface area contributed by atoms with Crippen LogP contribution in [0.1, 0.15) is 29.8 Å². The quantitative estimate of drug-likeness (QED) is 0.370. The van der Waals surface area contributed by atoms with Crippen molar-refractivity contribution in [2.75, 3.05) is 20.7 Å². The lowest BCUT2D eigenvalue weighted by Crippen LogP contribution is -2.45. The molecule has 1 rings (SSSR count). The van der Waals surface area contributed by atoms with Gasteiger partial charge >= 0.3 is 0 Å². The van der Waals surface area contributed by atoms with Crippen LogP contribution in [0.5, 0.6) is 0 Å². The number of hydrogen-bond acceptors (Lipinski definition) is 3. The number of nitrogens with one attached hydrogen (secondary N) is 2. The lowest BCUT2D eigenvalue weighted by atomic mass is 10.1. The van der Waals surface area contributed by atoms with Crippen LogP contribution in [0, 0.1) is 0 Å². The maximum atomic E-state index is 11.0. The third-order valence-electron chi connectivity index (χ3n) is 3.16. The Balaban J connectivity index is 0.00000441. The summed E-state index contributed by atoms with van der Waals surface area (Å²) in [5.41, 5.74) is 6.48. The molecule has 1 aromatic rings. The van der Waals surface area contributed by atoms with Crippen molar-refractivity contribution in [1.29, 1.82) is 0 Å². The third-order valence-corrected chi connectivity index (χ3v) is 3.16. The number of guanidine groups is 1. The van der Waals surface area contributed by atoms with E-state index in [1.54, 1.807) is 26.3 Å². The number of aliphatic imine (C=N–C) groups is 1. The number of methoxy groups -OCH3 is 1. The van der Waals surface area contributed by atoms with Gasteiger partial charge in [0.25, 0.3) is 0 Å². The van der Waals surface area contributed by atoms with Crippen LogP contribution >= 0.6 is 24.0 Å². The number of carbonyl (C=O) groups is 1. The summed E-state index contributed by atoms with van der Waals surface area (Å²) in [5.74, 6) is 0.271. The Morgan fingerprint density at radius 3 is 2.32 bits per heavy atom. The number of benzene rings is 1. The lowest BCUT2D eigenvalue weighted by molar-refractivity contribution is 0.0268. The lowest BCUT2D eigenvalue weighted by Gasteiger charge is -2.24. The van der Waals surface area contributed by atoms with Gasteiger partial charge in [-0.25, -0.2) is 0 Å². The molecule has 0 heterocycles. The number of halogens is 1. The molecule has 7 heteroatoms. The van der Waals surface area contributed by atoms with Crippen LogP contribution in [-0.2, 0) is 11.3 Å². The van der Waals surface area contributed by atoms with E-state index in [4.69, 9.17) is 10.5 Å². The SMILES string of the molecule is CN=C(NCc1ccc(C(N)=O)cc1)NCC(C)(C)OC.I. The summed E-state index contributed by atoms with van der Waals surface area (Å²) in [7, 11) is 3.39. The van der Waals surface area contributed by atoms with Gasteiger partial charge in [0.2, 0.25) is 5.91 Å². The van der Waals surface area contributed by atoms with Gasteiger partial charge in [0.15, 0.2) is 5.96 Å². The van der Waals surface area contributed by atoms with Crippen LogP contribution in [0.4, 0.5) is 0 Å². The molecule has 1 aromatic carbocycles. The van der Waals surface area contributed by atoms with E-state index in [2.05, 4.69) is 15.6 Å². The van der Waals surface area contributed by atoms with Crippen molar-refractivity contribution in [2.45, 2.75) is 26.0 Å².